The van der Waals surface area contributed by atoms with Gasteiger partial charge in [0.25, 0.3) is 5.91 Å². The summed E-state index contributed by atoms with van der Waals surface area (Å²) in [7, 11) is 0. The Morgan fingerprint density at radius 2 is 1.87 bits per heavy atom. The maximum Gasteiger partial charge on any atom is 0.347 e. The van der Waals surface area contributed by atoms with E-state index < -0.39 is 0 Å². The fraction of sp³-hybridized carbons (Fsp3) is 0.348. The molecule has 1 N–H and O–H groups in total. The molecule has 0 spiro atoms. The van der Waals surface area contributed by atoms with Gasteiger partial charge in [0.15, 0.2) is 6.61 Å². The third-order valence-electron chi connectivity index (χ3n) is 5.69. The average Bonchev–Trinajstić information content (AvgIpc) is 3.15. The van der Waals surface area contributed by atoms with Gasteiger partial charge in [0.1, 0.15) is 11.6 Å². The summed E-state index contributed by atoms with van der Waals surface area (Å²) in [6.07, 6.45) is 1.48. The first kappa shape index (κ1) is 21.2. The number of H-pyrrole nitrogens is 1. The number of nitrogens with one attached hydrogen (secondary N) is 1. The molecule has 1 aliphatic rings. The van der Waals surface area contributed by atoms with E-state index in [1.54, 1.807) is 16.7 Å². The molecule has 1 fully saturated rings. The summed E-state index contributed by atoms with van der Waals surface area (Å²) in [5.74, 6) is 1.43. The SMILES string of the molecule is Cc1ccc(-n2c(C3CCN(C(=O)COc4ccc(Cl)cc4C)CC3)n[nH]c2=O)cc1. The molecule has 0 unspecified atom stereocenters. The molecule has 31 heavy (non-hydrogen) atoms. The third-order valence-corrected chi connectivity index (χ3v) is 5.93. The lowest BCUT2D eigenvalue weighted by Crippen LogP contribution is -2.41. The first-order chi connectivity index (χ1) is 14.9. The maximum atomic E-state index is 12.6. The van der Waals surface area contributed by atoms with Crippen molar-refractivity contribution in [2.45, 2.75) is 32.6 Å². The quantitative estimate of drug-likeness (QED) is 0.657. The van der Waals surface area contributed by atoms with Crippen molar-refractivity contribution < 1.29 is 9.53 Å². The number of halogens is 1. The standard InChI is InChI=1S/C23H25ClN4O3/c1-15-3-6-19(7-4-15)28-22(25-26-23(28)30)17-9-11-27(12-10-17)21(29)14-31-20-8-5-18(24)13-16(20)2/h3-8,13,17H,9-12,14H2,1-2H3,(H,26,30). The molecule has 1 amide bonds. The van der Waals surface area contributed by atoms with Crippen LogP contribution in [-0.4, -0.2) is 45.3 Å². The number of aryl methyl sites for hydroxylation is 2. The van der Waals surface area contributed by atoms with E-state index in [2.05, 4.69) is 10.2 Å². The van der Waals surface area contributed by atoms with Crippen molar-refractivity contribution in [1.29, 1.82) is 0 Å². The van der Waals surface area contributed by atoms with Gasteiger partial charge in [-0.3, -0.25) is 4.79 Å². The number of ether oxygens (including phenoxy) is 1. The molecule has 0 bridgehead atoms. The van der Waals surface area contributed by atoms with Gasteiger partial charge in [-0.1, -0.05) is 29.3 Å². The van der Waals surface area contributed by atoms with Crippen molar-refractivity contribution in [3.05, 3.63) is 74.9 Å². The number of nitrogens with zero attached hydrogens (tertiary/aromatic N) is 3. The summed E-state index contributed by atoms with van der Waals surface area (Å²) in [5, 5.41) is 7.50. The monoisotopic (exact) mass is 440 g/mol. The van der Waals surface area contributed by atoms with E-state index in [9.17, 15) is 9.59 Å². The second kappa shape index (κ2) is 8.98. The van der Waals surface area contributed by atoms with Crippen LogP contribution in [0.1, 0.15) is 35.7 Å². The van der Waals surface area contributed by atoms with Crippen molar-refractivity contribution in [2.75, 3.05) is 19.7 Å². The van der Waals surface area contributed by atoms with Crippen molar-refractivity contribution in [3.63, 3.8) is 0 Å². The smallest absolute Gasteiger partial charge is 0.347 e. The molecule has 1 saturated heterocycles. The highest BCUT2D eigenvalue weighted by Gasteiger charge is 2.28. The van der Waals surface area contributed by atoms with Gasteiger partial charge < -0.3 is 9.64 Å². The van der Waals surface area contributed by atoms with Crippen LogP contribution >= 0.6 is 11.6 Å². The zero-order valence-corrected chi connectivity index (χ0v) is 18.4. The molecule has 7 nitrogen and oxygen atoms in total. The highest BCUT2D eigenvalue weighted by Crippen LogP contribution is 2.28. The number of amides is 1. The predicted octanol–water partition coefficient (Wildman–Crippen LogP) is 3.62. The van der Waals surface area contributed by atoms with Crippen molar-refractivity contribution in [3.8, 4) is 11.4 Å². The molecule has 0 saturated carbocycles. The number of likely N-dealkylation sites (tertiary alicyclic amines) is 1. The van der Waals surface area contributed by atoms with E-state index in [4.69, 9.17) is 16.3 Å². The second-order valence-electron chi connectivity index (χ2n) is 7.91. The van der Waals surface area contributed by atoms with Gasteiger partial charge in [0, 0.05) is 24.0 Å². The van der Waals surface area contributed by atoms with Crippen LogP contribution in [0.3, 0.4) is 0 Å². The molecule has 0 atom stereocenters. The van der Waals surface area contributed by atoms with E-state index in [0.717, 1.165) is 29.7 Å². The van der Waals surface area contributed by atoms with Crippen LogP contribution in [0.25, 0.3) is 5.69 Å². The first-order valence-corrected chi connectivity index (χ1v) is 10.7. The zero-order valence-electron chi connectivity index (χ0n) is 17.6. The van der Waals surface area contributed by atoms with Gasteiger partial charge >= 0.3 is 5.69 Å². The van der Waals surface area contributed by atoms with Crippen LogP contribution in [-0.2, 0) is 4.79 Å². The fourth-order valence-corrected chi connectivity index (χ4v) is 4.15. The number of aromatic nitrogens is 3. The highest BCUT2D eigenvalue weighted by atomic mass is 35.5. The normalized spacial score (nSPS) is 14.6. The van der Waals surface area contributed by atoms with Crippen LogP contribution in [0.4, 0.5) is 0 Å². The Hall–Kier alpha value is -3.06. The van der Waals surface area contributed by atoms with Crippen molar-refractivity contribution in [1.82, 2.24) is 19.7 Å². The van der Waals surface area contributed by atoms with Crippen molar-refractivity contribution in [2.24, 2.45) is 0 Å². The molecule has 3 aromatic rings. The van der Waals surface area contributed by atoms with Crippen LogP contribution < -0.4 is 10.4 Å². The van der Waals surface area contributed by atoms with Gasteiger partial charge in [0.05, 0.1) is 5.69 Å². The van der Waals surface area contributed by atoms with Crippen LogP contribution in [0.5, 0.6) is 5.75 Å². The number of hydrogen-bond acceptors (Lipinski definition) is 4. The summed E-state index contributed by atoms with van der Waals surface area (Å²) in [5.41, 5.74) is 2.57. The summed E-state index contributed by atoms with van der Waals surface area (Å²) in [4.78, 5) is 26.8. The van der Waals surface area contributed by atoms with E-state index in [1.165, 1.54) is 0 Å². The van der Waals surface area contributed by atoms with Gasteiger partial charge in [-0.05, 0) is 62.6 Å². The van der Waals surface area contributed by atoms with E-state index in [1.807, 2.05) is 49.1 Å². The molecule has 0 aliphatic carbocycles. The summed E-state index contributed by atoms with van der Waals surface area (Å²) in [6, 6.07) is 13.1. The number of carbonyl (C=O) groups excluding carboxylic acids is 1. The Morgan fingerprint density at radius 3 is 2.55 bits per heavy atom. The molecular formula is C23H25ClN4O3. The summed E-state index contributed by atoms with van der Waals surface area (Å²) in [6.45, 7) is 5.09. The topological polar surface area (TPSA) is 80.2 Å². The van der Waals surface area contributed by atoms with Gasteiger partial charge in [-0.25, -0.2) is 14.5 Å². The van der Waals surface area contributed by atoms with E-state index >= 15 is 0 Å². The number of aromatic amines is 1. The summed E-state index contributed by atoms with van der Waals surface area (Å²) < 4.78 is 7.33. The van der Waals surface area contributed by atoms with E-state index in [0.29, 0.717) is 29.7 Å². The minimum Gasteiger partial charge on any atom is -0.483 e. The Morgan fingerprint density at radius 1 is 1.16 bits per heavy atom. The molecule has 2 heterocycles. The average molecular weight is 441 g/mol. The van der Waals surface area contributed by atoms with Gasteiger partial charge in [0.2, 0.25) is 0 Å². The zero-order chi connectivity index (χ0) is 22.0. The molecule has 2 aromatic carbocycles. The van der Waals surface area contributed by atoms with E-state index in [-0.39, 0.29) is 24.1 Å². The summed E-state index contributed by atoms with van der Waals surface area (Å²) >= 11 is 5.96. The van der Waals surface area contributed by atoms with Crippen LogP contribution in [0.15, 0.2) is 47.3 Å². The second-order valence-corrected chi connectivity index (χ2v) is 8.35. The number of carbonyl (C=O) groups is 1. The molecule has 1 aliphatic heterocycles. The number of benzene rings is 2. The number of hydrogen-bond donors (Lipinski definition) is 1. The minimum absolute atomic E-state index is 0.0103. The highest BCUT2D eigenvalue weighted by molar-refractivity contribution is 6.30. The molecule has 8 heteroatoms. The largest absolute Gasteiger partial charge is 0.483 e. The van der Waals surface area contributed by atoms with Crippen molar-refractivity contribution >= 4 is 17.5 Å². The Bertz CT molecular complexity index is 1130. The van der Waals surface area contributed by atoms with Crippen LogP contribution in [0, 0.1) is 13.8 Å². The van der Waals surface area contributed by atoms with Gasteiger partial charge in [-0.2, -0.15) is 5.10 Å². The Kier molecular flexibility index (Phi) is 6.13. The Balaban J connectivity index is 1.38. The lowest BCUT2D eigenvalue weighted by Gasteiger charge is -2.31. The minimum atomic E-state index is -0.246. The number of rotatable bonds is 5. The van der Waals surface area contributed by atoms with Gasteiger partial charge in [-0.15, -0.1) is 0 Å². The number of piperidine rings is 1. The maximum absolute atomic E-state index is 12.6. The lowest BCUT2D eigenvalue weighted by atomic mass is 9.95. The molecule has 162 valence electrons. The fourth-order valence-electron chi connectivity index (χ4n) is 3.92. The first-order valence-electron chi connectivity index (χ1n) is 10.3. The van der Waals surface area contributed by atoms with Crippen LogP contribution in [0.2, 0.25) is 5.02 Å². The Labute approximate surface area is 185 Å². The predicted molar refractivity (Wildman–Crippen MR) is 119 cm³/mol. The molecule has 0 radical (unpaired) electrons. The lowest BCUT2D eigenvalue weighted by molar-refractivity contribution is -0.134. The molecule has 1 aromatic heterocycles. The molecular weight excluding hydrogens is 416 g/mol. The third kappa shape index (κ3) is 4.66. The molecule has 4 rings (SSSR count).